The van der Waals surface area contributed by atoms with Gasteiger partial charge in [0.05, 0.1) is 0 Å². The van der Waals surface area contributed by atoms with Crippen molar-refractivity contribution < 1.29 is 4.79 Å². The maximum Gasteiger partial charge on any atom is 0.187 e. The third kappa shape index (κ3) is 35.1. The number of carbonyl (C=O) groups excluding carboxylic acids is 1. The molecule has 0 bridgehead atoms. The van der Waals surface area contributed by atoms with Crippen molar-refractivity contribution in [1.82, 2.24) is 5.32 Å². The second kappa shape index (κ2) is 27.2. The summed E-state index contributed by atoms with van der Waals surface area (Å²) < 4.78 is 0. The molecule has 0 heterocycles. The highest BCUT2D eigenvalue weighted by Crippen LogP contribution is 1.47. The number of hydrogen-bond acceptors (Lipinski definition) is 2. The van der Waals surface area contributed by atoms with Gasteiger partial charge in [-0.2, -0.15) is 0 Å². The molecule has 0 saturated carbocycles. The smallest absolute Gasteiger partial charge is 0.187 e. The average molecular weight is 133 g/mol. The van der Waals surface area contributed by atoms with E-state index in [9.17, 15) is 0 Å². The van der Waals surface area contributed by atoms with Crippen LogP contribution < -0.4 is 5.32 Å². The van der Waals surface area contributed by atoms with Crippen molar-refractivity contribution in [2.75, 3.05) is 13.1 Å². The van der Waals surface area contributed by atoms with Gasteiger partial charge in [0.15, 0.2) is 17.4 Å². The van der Waals surface area contributed by atoms with Crippen LogP contribution in [0.2, 0.25) is 0 Å². The monoisotopic (exact) mass is 133 g/mol. The zero-order chi connectivity index (χ0) is 6.12. The first kappa shape index (κ1) is 15.7. The van der Waals surface area contributed by atoms with Crippen LogP contribution in [0.15, 0.2) is 0 Å². The Morgan fingerprint density at radius 2 is 1.50 bits per heavy atom. The molecular formula is C5H16AlNO. The van der Waals surface area contributed by atoms with Crippen LogP contribution >= 0.6 is 0 Å². The Morgan fingerprint density at radius 1 is 1.25 bits per heavy atom. The molecule has 0 aliphatic carbocycles. The molecule has 0 saturated heterocycles. The third-order valence-corrected chi connectivity index (χ3v) is 0.500. The summed E-state index contributed by atoms with van der Waals surface area (Å²) in [6.07, 6.45) is 0. The van der Waals surface area contributed by atoms with Crippen molar-refractivity contribution in [1.29, 1.82) is 0 Å². The standard InChI is InChI=1S/C4H11N.CH2O.Al.3H/c1-3-5-4-2;1-2;;;;/h5H,3-4H2,1-2H3;1H2;;;;. The van der Waals surface area contributed by atoms with Gasteiger partial charge in [-0.1, -0.05) is 13.8 Å². The van der Waals surface area contributed by atoms with Crippen LogP contribution in [0.1, 0.15) is 13.8 Å². The minimum atomic E-state index is 0. The molecular weight excluding hydrogens is 117 g/mol. The molecule has 0 spiro atoms. The summed E-state index contributed by atoms with van der Waals surface area (Å²) in [6, 6.07) is 0. The molecule has 0 aromatic heterocycles. The number of hydrogen-bond donors (Lipinski definition) is 1. The molecule has 0 aliphatic heterocycles. The molecule has 2 nitrogen and oxygen atoms in total. The van der Waals surface area contributed by atoms with Gasteiger partial charge in [0.1, 0.15) is 6.79 Å². The van der Waals surface area contributed by atoms with Crippen molar-refractivity contribution in [3.05, 3.63) is 0 Å². The van der Waals surface area contributed by atoms with E-state index in [0.29, 0.717) is 0 Å². The Hall–Kier alpha value is 0.162. The molecule has 0 aromatic carbocycles. The summed E-state index contributed by atoms with van der Waals surface area (Å²) in [4.78, 5) is 8.00. The average Bonchev–Trinajstić information content (AvgIpc) is 1.75. The normalized spacial score (nSPS) is 5.75. The molecule has 0 aliphatic rings. The van der Waals surface area contributed by atoms with E-state index in [1.807, 2.05) is 6.79 Å². The van der Waals surface area contributed by atoms with E-state index in [-0.39, 0.29) is 17.4 Å². The first-order valence-electron chi connectivity index (χ1n) is 2.41. The van der Waals surface area contributed by atoms with Gasteiger partial charge in [-0.05, 0) is 13.1 Å². The largest absolute Gasteiger partial charge is 0.317 e. The second-order valence-corrected chi connectivity index (χ2v) is 0.957. The lowest BCUT2D eigenvalue weighted by atomic mass is 10.7. The van der Waals surface area contributed by atoms with Gasteiger partial charge in [-0.3, -0.25) is 0 Å². The van der Waals surface area contributed by atoms with Crippen LogP contribution in [0.5, 0.6) is 0 Å². The first-order chi connectivity index (χ1) is 3.41. The van der Waals surface area contributed by atoms with Crippen molar-refractivity contribution in [3.8, 4) is 0 Å². The quantitative estimate of drug-likeness (QED) is 0.502. The molecule has 0 aromatic rings. The van der Waals surface area contributed by atoms with E-state index in [1.54, 1.807) is 0 Å². The van der Waals surface area contributed by atoms with E-state index >= 15 is 0 Å². The number of carbonyl (C=O) groups is 1. The summed E-state index contributed by atoms with van der Waals surface area (Å²) in [5, 5.41) is 3.11. The van der Waals surface area contributed by atoms with Crippen LogP contribution in [0.4, 0.5) is 0 Å². The second-order valence-electron chi connectivity index (χ2n) is 0.957. The van der Waals surface area contributed by atoms with Gasteiger partial charge >= 0.3 is 0 Å². The Kier molecular flexibility index (Phi) is 53.4. The molecule has 3 heteroatoms. The van der Waals surface area contributed by atoms with E-state index < -0.39 is 0 Å². The summed E-state index contributed by atoms with van der Waals surface area (Å²) in [5.74, 6) is 0. The molecule has 0 fully saturated rings. The lowest BCUT2D eigenvalue weighted by Crippen LogP contribution is -2.09. The Labute approximate surface area is 61.8 Å². The molecule has 8 heavy (non-hydrogen) atoms. The van der Waals surface area contributed by atoms with Crippen LogP contribution in [0.3, 0.4) is 0 Å². The molecule has 0 atom stereocenters. The van der Waals surface area contributed by atoms with E-state index in [4.69, 9.17) is 4.79 Å². The molecule has 0 rings (SSSR count). The Morgan fingerprint density at radius 3 is 1.50 bits per heavy atom. The zero-order valence-corrected chi connectivity index (χ0v) is 5.03. The minimum Gasteiger partial charge on any atom is -0.317 e. The lowest BCUT2D eigenvalue weighted by Gasteiger charge is -1.86. The topological polar surface area (TPSA) is 29.1 Å². The summed E-state index contributed by atoms with van der Waals surface area (Å²) >= 11 is 0. The fourth-order valence-electron chi connectivity index (χ4n) is 0.250. The van der Waals surface area contributed by atoms with E-state index in [1.165, 1.54) is 0 Å². The van der Waals surface area contributed by atoms with Crippen LogP contribution in [-0.2, 0) is 4.79 Å². The van der Waals surface area contributed by atoms with Gasteiger partial charge in [0.2, 0.25) is 0 Å². The highest BCUT2D eigenvalue weighted by molar-refractivity contribution is 5.75. The van der Waals surface area contributed by atoms with Crippen molar-refractivity contribution >= 4 is 24.2 Å². The van der Waals surface area contributed by atoms with Gasteiger partial charge in [-0.15, -0.1) is 0 Å². The Bertz CT molecular complexity index is 26.4. The van der Waals surface area contributed by atoms with Crippen LogP contribution in [0, 0.1) is 0 Å². The van der Waals surface area contributed by atoms with Crippen molar-refractivity contribution in [2.45, 2.75) is 13.8 Å². The highest BCUT2D eigenvalue weighted by Gasteiger charge is 1.62. The van der Waals surface area contributed by atoms with Gasteiger partial charge < -0.3 is 10.1 Å². The van der Waals surface area contributed by atoms with Gasteiger partial charge in [0.25, 0.3) is 0 Å². The molecule has 0 amide bonds. The number of nitrogens with one attached hydrogen (secondary N) is 1. The predicted octanol–water partition coefficient (Wildman–Crippen LogP) is -0.753. The maximum atomic E-state index is 8.00. The number of rotatable bonds is 2. The fourth-order valence-corrected chi connectivity index (χ4v) is 0.250. The van der Waals surface area contributed by atoms with Gasteiger partial charge in [0, 0.05) is 0 Å². The van der Waals surface area contributed by atoms with E-state index in [0.717, 1.165) is 13.1 Å². The molecule has 50 valence electrons. The van der Waals surface area contributed by atoms with E-state index in [2.05, 4.69) is 19.2 Å². The molecule has 0 radical (unpaired) electrons. The zero-order valence-electron chi connectivity index (χ0n) is 5.03. The first-order valence-corrected chi connectivity index (χ1v) is 2.41. The predicted molar refractivity (Wildman–Crippen MR) is 41.3 cm³/mol. The molecule has 1 N–H and O–H groups in total. The van der Waals surface area contributed by atoms with Crippen LogP contribution in [-0.4, -0.2) is 37.2 Å². The SMILES string of the molecule is C=O.CCNCC.[AlH3]. The Balaban J connectivity index is -0.0000000750. The fraction of sp³-hybridized carbons (Fsp3) is 0.800. The van der Waals surface area contributed by atoms with Gasteiger partial charge in [-0.25, -0.2) is 0 Å². The summed E-state index contributed by atoms with van der Waals surface area (Å²) in [6.45, 7) is 8.39. The van der Waals surface area contributed by atoms with Crippen molar-refractivity contribution in [3.63, 3.8) is 0 Å². The minimum absolute atomic E-state index is 0. The maximum absolute atomic E-state index is 8.00. The molecule has 0 unspecified atom stereocenters. The third-order valence-electron chi connectivity index (χ3n) is 0.500. The van der Waals surface area contributed by atoms with Crippen molar-refractivity contribution in [2.24, 2.45) is 0 Å². The lowest BCUT2D eigenvalue weighted by molar-refractivity contribution is -0.0979. The highest BCUT2D eigenvalue weighted by atomic mass is 27.0. The van der Waals surface area contributed by atoms with Crippen LogP contribution in [0.25, 0.3) is 0 Å². The summed E-state index contributed by atoms with van der Waals surface area (Å²) in [7, 11) is 0. The summed E-state index contributed by atoms with van der Waals surface area (Å²) in [5.41, 5.74) is 0.